The van der Waals surface area contributed by atoms with E-state index in [2.05, 4.69) is 19.2 Å². The number of ether oxygens (including phenoxy) is 1. The number of benzene rings is 1. The van der Waals surface area contributed by atoms with Gasteiger partial charge in [-0.3, -0.25) is 0 Å². The van der Waals surface area contributed by atoms with Crippen molar-refractivity contribution >= 4 is 0 Å². The van der Waals surface area contributed by atoms with Crippen LogP contribution in [0.2, 0.25) is 0 Å². The summed E-state index contributed by atoms with van der Waals surface area (Å²) in [5.74, 6) is 0.552. The average molecular weight is 239 g/mol. The molecule has 3 heteroatoms. The van der Waals surface area contributed by atoms with Crippen LogP contribution in [0.25, 0.3) is 0 Å². The van der Waals surface area contributed by atoms with E-state index in [1.54, 1.807) is 12.1 Å². The van der Waals surface area contributed by atoms with Crippen molar-refractivity contribution in [1.82, 2.24) is 5.32 Å². The monoisotopic (exact) mass is 239 g/mol. The van der Waals surface area contributed by atoms with Gasteiger partial charge in [-0.25, -0.2) is 4.39 Å². The summed E-state index contributed by atoms with van der Waals surface area (Å²) in [5, 5.41) is 3.21. The maximum atomic E-state index is 13.5. The van der Waals surface area contributed by atoms with Crippen LogP contribution < -0.4 is 10.1 Å². The van der Waals surface area contributed by atoms with Crippen molar-refractivity contribution in [1.29, 1.82) is 0 Å². The lowest BCUT2D eigenvalue weighted by molar-refractivity contribution is 0.220. The third-order valence-corrected chi connectivity index (χ3v) is 3.21. The van der Waals surface area contributed by atoms with E-state index in [4.69, 9.17) is 4.74 Å². The summed E-state index contributed by atoms with van der Waals surface area (Å²) in [6, 6.07) is 5.17. The van der Waals surface area contributed by atoms with Gasteiger partial charge in [0, 0.05) is 6.04 Å². The van der Waals surface area contributed by atoms with Gasteiger partial charge in [0.2, 0.25) is 0 Å². The molecule has 1 N–H and O–H groups in total. The average Bonchev–Trinajstić information content (AvgIpc) is 2.33. The molecule has 0 heterocycles. The summed E-state index contributed by atoms with van der Waals surface area (Å²) in [7, 11) is 1.91. The second kappa shape index (κ2) is 6.60. The summed E-state index contributed by atoms with van der Waals surface area (Å²) < 4.78 is 19.0. The number of likely N-dealkylation sites (N-methyl/N-ethyl adjacent to an activating group) is 1. The van der Waals surface area contributed by atoms with Crippen LogP contribution in [0.1, 0.15) is 25.8 Å². The van der Waals surface area contributed by atoms with Gasteiger partial charge in [-0.05, 0) is 37.6 Å². The Kier molecular flexibility index (Phi) is 5.42. The first-order chi connectivity index (χ1) is 8.08. The fourth-order valence-electron chi connectivity index (χ4n) is 1.72. The van der Waals surface area contributed by atoms with Crippen LogP contribution in [0.4, 0.5) is 4.39 Å². The van der Waals surface area contributed by atoms with Crippen LogP contribution in [0.5, 0.6) is 5.75 Å². The molecule has 0 saturated heterocycles. The van der Waals surface area contributed by atoms with Gasteiger partial charge >= 0.3 is 0 Å². The number of aryl methyl sites for hydroxylation is 1. The molecule has 0 fully saturated rings. The number of hydrogen-bond acceptors (Lipinski definition) is 2. The van der Waals surface area contributed by atoms with Gasteiger partial charge in [-0.1, -0.05) is 26.3 Å². The topological polar surface area (TPSA) is 21.3 Å². The fraction of sp³-hybridized carbons (Fsp3) is 0.571. The zero-order chi connectivity index (χ0) is 12.8. The van der Waals surface area contributed by atoms with Crippen molar-refractivity contribution in [3.05, 3.63) is 29.6 Å². The Bertz CT molecular complexity index is 354. The van der Waals surface area contributed by atoms with E-state index < -0.39 is 0 Å². The van der Waals surface area contributed by atoms with E-state index in [9.17, 15) is 4.39 Å². The number of hydrogen-bond donors (Lipinski definition) is 1. The molecule has 0 spiro atoms. The molecule has 0 aliphatic rings. The lowest BCUT2D eigenvalue weighted by Gasteiger charge is -2.22. The van der Waals surface area contributed by atoms with Crippen molar-refractivity contribution in [2.24, 2.45) is 5.92 Å². The number of halogens is 1. The van der Waals surface area contributed by atoms with Gasteiger partial charge in [0.05, 0.1) is 0 Å². The highest BCUT2D eigenvalue weighted by Crippen LogP contribution is 2.19. The first kappa shape index (κ1) is 14.0. The minimum Gasteiger partial charge on any atom is -0.489 e. The van der Waals surface area contributed by atoms with Gasteiger partial charge in [0.25, 0.3) is 0 Å². The maximum absolute atomic E-state index is 13.5. The van der Waals surface area contributed by atoms with Crippen molar-refractivity contribution in [3.8, 4) is 5.75 Å². The first-order valence-electron chi connectivity index (χ1n) is 6.14. The van der Waals surface area contributed by atoms with Gasteiger partial charge in [-0.2, -0.15) is 0 Å². The summed E-state index contributed by atoms with van der Waals surface area (Å²) in [4.78, 5) is 0. The molecule has 2 unspecified atom stereocenters. The van der Waals surface area contributed by atoms with Crippen LogP contribution >= 0.6 is 0 Å². The predicted octanol–water partition coefficient (Wildman–Crippen LogP) is 3.15. The van der Waals surface area contributed by atoms with Crippen LogP contribution in [0.15, 0.2) is 18.2 Å². The molecule has 0 amide bonds. The van der Waals surface area contributed by atoms with E-state index in [0.717, 1.165) is 12.0 Å². The van der Waals surface area contributed by atoms with E-state index in [1.807, 2.05) is 14.0 Å². The lowest BCUT2D eigenvalue weighted by Crippen LogP contribution is -2.37. The molecule has 96 valence electrons. The molecule has 0 radical (unpaired) electrons. The Morgan fingerprint density at radius 1 is 1.41 bits per heavy atom. The van der Waals surface area contributed by atoms with E-state index in [0.29, 0.717) is 18.3 Å². The van der Waals surface area contributed by atoms with Crippen molar-refractivity contribution in [3.63, 3.8) is 0 Å². The molecule has 0 aliphatic carbocycles. The summed E-state index contributed by atoms with van der Waals surface area (Å²) in [5.41, 5.74) is 1.01. The highest BCUT2D eigenvalue weighted by atomic mass is 19.1. The van der Waals surface area contributed by atoms with Gasteiger partial charge in [0.15, 0.2) is 11.6 Å². The Morgan fingerprint density at radius 3 is 2.71 bits per heavy atom. The fourth-order valence-corrected chi connectivity index (χ4v) is 1.72. The zero-order valence-corrected chi connectivity index (χ0v) is 11.1. The minimum absolute atomic E-state index is 0.250. The second-order valence-electron chi connectivity index (χ2n) is 4.53. The summed E-state index contributed by atoms with van der Waals surface area (Å²) in [6.45, 7) is 6.72. The molecule has 0 aromatic heterocycles. The van der Waals surface area contributed by atoms with Crippen molar-refractivity contribution in [2.75, 3.05) is 13.7 Å². The summed E-state index contributed by atoms with van der Waals surface area (Å²) >= 11 is 0. The second-order valence-corrected chi connectivity index (χ2v) is 4.53. The maximum Gasteiger partial charge on any atom is 0.165 e. The van der Waals surface area contributed by atoms with Crippen LogP contribution in [0, 0.1) is 18.7 Å². The van der Waals surface area contributed by atoms with E-state index >= 15 is 0 Å². The van der Waals surface area contributed by atoms with Crippen LogP contribution in [0.3, 0.4) is 0 Å². The molecule has 1 aromatic rings. The zero-order valence-electron chi connectivity index (χ0n) is 11.1. The van der Waals surface area contributed by atoms with Gasteiger partial charge < -0.3 is 10.1 Å². The molecule has 1 rings (SSSR count). The Balaban J connectivity index is 2.62. The lowest BCUT2D eigenvalue weighted by atomic mass is 10.0. The SMILES string of the molecule is CCC(C)C(COc1cc(C)ccc1F)NC. The number of rotatable bonds is 6. The minimum atomic E-state index is -0.297. The molecular weight excluding hydrogens is 217 g/mol. The normalized spacial score (nSPS) is 14.4. The molecule has 17 heavy (non-hydrogen) atoms. The standard InChI is InChI=1S/C14H22FNO/c1-5-11(3)13(16-4)9-17-14-8-10(2)6-7-12(14)15/h6-8,11,13,16H,5,9H2,1-4H3. The third kappa shape index (κ3) is 4.00. The highest BCUT2D eigenvalue weighted by Gasteiger charge is 2.15. The molecule has 0 aliphatic heterocycles. The molecule has 2 nitrogen and oxygen atoms in total. The summed E-state index contributed by atoms with van der Waals surface area (Å²) in [6.07, 6.45) is 1.07. The predicted molar refractivity (Wildman–Crippen MR) is 68.9 cm³/mol. The molecule has 0 saturated carbocycles. The largest absolute Gasteiger partial charge is 0.489 e. The molecule has 2 atom stereocenters. The smallest absolute Gasteiger partial charge is 0.165 e. The van der Waals surface area contributed by atoms with Crippen molar-refractivity contribution in [2.45, 2.75) is 33.2 Å². The third-order valence-electron chi connectivity index (χ3n) is 3.21. The quantitative estimate of drug-likeness (QED) is 0.823. The Morgan fingerprint density at radius 2 is 2.12 bits per heavy atom. The van der Waals surface area contributed by atoms with E-state index in [-0.39, 0.29) is 11.9 Å². The Labute approximate surface area is 103 Å². The molecule has 1 aromatic carbocycles. The molecule has 0 bridgehead atoms. The van der Waals surface area contributed by atoms with E-state index in [1.165, 1.54) is 6.07 Å². The van der Waals surface area contributed by atoms with Gasteiger partial charge in [-0.15, -0.1) is 0 Å². The van der Waals surface area contributed by atoms with Crippen LogP contribution in [-0.4, -0.2) is 19.7 Å². The highest BCUT2D eigenvalue weighted by molar-refractivity contribution is 5.29. The van der Waals surface area contributed by atoms with Crippen LogP contribution in [-0.2, 0) is 0 Å². The first-order valence-corrected chi connectivity index (χ1v) is 6.14. The molecular formula is C14H22FNO. The number of nitrogens with one attached hydrogen (secondary N) is 1. The van der Waals surface area contributed by atoms with Gasteiger partial charge in [0.1, 0.15) is 6.61 Å². The van der Waals surface area contributed by atoms with Crippen molar-refractivity contribution < 1.29 is 9.13 Å². The Hall–Kier alpha value is -1.09.